The maximum Gasteiger partial charge on any atom is 0.491 e. The van der Waals surface area contributed by atoms with Crippen molar-refractivity contribution in [1.29, 1.82) is 5.26 Å². The van der Waals surface area contributed by atoms with E-state index in [-0.39, 0.29) is 22.5 Å². The summed E-state index contributed by atoms with van der Waals surface area (Å²) in [5, 5.41) is 10.1. The Bertz CT molecular complexity index is 552. The summed E-state index contributed by atoms with van der Waals surface area (Å²) in [6.45, 7) is 12.6. The van der Waals surface area contributed by atoms with Gasteiger partial charge in [0.25, 0.3) is 0 Å². The first-order chi connectivity index (χ1) is 11.2. The van der Waals surface area contributed by atoms with Crippen molar-refractivity contribution in [2.45, 2.75) is 77.4 Å². The van der Waals surface area contributed by atoms with Crippen LogP contribution < -0.4 is 0 Å². The predicted octanol–water partition coefficient (Wildman–Crippen LogP) is 4.53. The van der Waals surface area contributed by atoms with Gasteiger partial charge in [0, 0.05) is 0 Å². The first-order valence-corrected chi connectivity index (χ1v) is 9.60. The van der Waals surface area contributed by atoms with Gasteiger partial charge in [-0.15, -0.1) is 6.58 Å². The van der Waals surface area contributed by atoms with Crippen LogP contribution in [0, 0.1) is 40.4 Å². The van der Waals surface area contributed by atoms with E-state index >= 15 is 0 Å². The fourth-order valence-electron chi connectivity index (χ4n) is 6.27. The van der Waals surface area contributed by atoms with E-state index in [1.54, 1.807) is 0 Å². The molecule has 4 aliphatic carbocycles. The minimum absolute atomic E-state index is 0.129. The zero-order valence-electron chi connectivity index (χ0n) is 15.6. The number of nitrogens with zero attached hydrogens (tertiary/aromatic N) is 1. The molecule has 5 rings (SSSR count). The van der Waals surface area contributed by atoms with E-state index in [9.17, 15) is 5.26 Å². The van der Waals surface area contributed by atoms with Crippen LogP contribution >= 0.6 is 0 Å². The highest BCUT2D eigenvalue weighted by Gasteiger charge is 2.59. The summed E-state index contributed by atoms with van der Waals surface area (Å²) in [7, 11) is -0.451. The molecule has 0 radical (unpaired) electrons. The molecular formula is C20H30BNO2. The lowest BCUT2D eigenvalue weighted by Gasteiger charge is -2.58. The molecule has 0 aromatic rings. The maximum atomic E-state index is 10.1. The van der Waals surface area contributed by atoms with E-state index in [1.807, 2.05) is 0 Å². The van der Waals surface area contributed by atoms with Crippen molar-refractivity contribution in [3.05, 3.63) is 12.1 Å². The van der Waals surface area contributed by atoms with Gasteiger partial charge in [0.15, 0.2) is 0 Å². The summed E-state index contributed by atoms with van der Waals surface area (Å²) in [5.41, 5.74) is 0.243. The molecule has 0 amide bonds. The van der Waals surface area contributed by atoms with Gasteiger partial charge in [0.2, 0.25) is 0 Å². The van der Waals surface area contributed by atoms with Gasteiger partial charge in [0.1, 0.15) is 0 Å². The topological polar surface area (TPSA) is 42.2 Å². The molecule has 3 nitrogen and oxygen atoms in total. The highest BCUT2D eigenvalue weighted by molar-refractivity contribution is 6.54. The number of allylic oxidation sites excluding steroid dienone is 1. The number of nitriles is 1. The minimum Gasteiger partial charge on any atom is -0.400 e. The Morgan fingerprint density at radius 1 is 1.00 bits per heavy atom. The highest BCUT2D eigenvalue weighted by atomic mass is 16.7. The zero-order chi connectivity index (χ0) is 17.3. The molecule has 1 heterocycles. The Morgan fingerprint density at radius 2 is 1.42 bits per heavy atom. The summed E-state index contributed by atoms with van der Waals surface area (Å²) in [6.07, 6.45) is 7.78. The van der Waals surface area contributed by atoms with E-state index in [4.69, 9.17) is 9.31 Å². The van der Waals surface area contributed by atoms with Gasteiger partial charge in [-0.3, -0.25) is 0 Å². The molecule has 1 atom stereocenters. The lowest BCUT2D eigenvalue weighted by Crippen LogP contribution is -2.50. The van der Waals surface area contributed by atoms with Crippen LogP contribution in [0.2, 0.25) is 0 Å². The summed E-state index contributed by atoms with van der Waals surface area (Å²) in [6, 6.07) is 2.63. The van der Waals surface area contributed by atoms with Crippen molar-refractivity contribution < 1.29 is 9.31 Å². The van der Waals surface area contributed by atoms with Crippen molar-refractivity contribution in [3.63, 3.8) is 0 Å². The summed E-state index contributed by atoms with van der Waals surface area (Å²) in [5.74, 6) is 2.36. The Kier molecular flexibility index (Phi) is 3.55. The van der Waals surface area contributed by atoms with E-state index < -0.39 is 7.12 Å². The summed E-state index contributed by atoms with van der Waals surface area (Å²) < 4.78 is 12.4. The fraction of sp³-hybridized carbons (Fsp3) is 0.850. The molecule has 4 bridgehead atoms. The number of hydrogen-bond donors (Lipinski definition) is 0. The van der Waals surface area contributed by atoms with E-state index in [0.29, 0.717) is 0 Å². The number of rotatable bonds is 3. The third kappa shape index (κ3) is 2.31. The second kappa shape index (κ2) is 5.11. The molecule has 4 heteroatoms. The summed E-state index contributed by atoms with van der Waals surface area (Å²) in [4.78, 5) is 0. The molecule has 5 fully saturated rings. The molecule has 0 unspecified atom stereocenters. The molecule has 1 saturated heterocycles. The molecule has 0 N–H and O–H groups in total. The minimum atomic E-state index is -0.451. The molecule has 0 spiro atoms. The fourth-order valence-corrected chi connectivity index (χ4v) is 6.27. The van der Waals surface area contributed by atoms with Crippen molar-refractivity contribution in [2.75, 3.05) is 0 Å². The summed E-state index contributed by atoms with van der Waals surface area (Å²) >= 11 is 0. The van der Waals surface area contributed by atoms with Crippen LogP contribution in [0.3, 0.4) is 0 Å². The van der Waals surface area contributed by atoms with Crippen LogP contribution in [0.1, 0.15) is 66.2 Å². The van der Waals surface area contributed by atoms with Gasteiger partial charge >= 0.3 is 7.12 Å². The standard InChI is InChI=1S/C20H30BNO2/c1-13(21-23-18(2,3)19(4,5)24-21)17(12-22)20-9-14-6-15(10-20)8-16(7-14)11-20/h14-17H,1,6-11H2,2-5H3/t14?,15?,16?,17-,20?/m0/s1. The van der Waals surface area contributed by atoms with Crippen molar-refractivity contribution in [1.82, 2.24) is 0 Å². The number of hydrogen-bond acceptors (Lipinski definition) is 3. The van der Waals surface area contributed by atoms with Crippen molar-refractivity contribution in [2.24, 2.45) is 29.1 Å². The zero-order valence-corrected chi connectivity index (χ0v) is 15.6. The molecule has 24 heavy (non-hydrogen) atoms. The van der Waals surface area contributed by atoms with Gasteiger partial charge in [-0.25, -0.2) is 0 Å². The van der Waals surface area contributed by atoms with Crippen LogP contribution in [0.4, 0.5) is 0 Å². The monoisotopic (exact) mass is 327 g/mol. The quantitative estimate of drug-likeness (QED) is 0.715. The highest BCUT2D eigenvalue weighted by Crippen LogP contribution is 2.64. The van der Waals surface area contributed by atoms with Crippen LogP contribution in [0.5, 0.6) is 0 Å². The second-order valence-electron chi connectivity index (χ2n) is 10.0. The van der Waals surface area contributed by atoms with E-state index in [0.717, 1.165) is 23.2 Å². The second-order valence-corrected chi connectivity index (χ2v) is 10.0. The average molecular weight is 327 g/mol. The molecular weight excluding hydrogens is 297 g/mol. The third-order valence-electron chi connectivity index (χ3n) is 7.75. The van der Waals surface area contributed by atoms with Gasteiger partial charge in [-0.2, -0.15) is 5.26 Å². The molecule has 0 aromatic heterocycles. The van der Waals surface area contributed by atoms with Gasteiger partial charge in [0.05, 0.1) is 23.2 Å². The average Bonchev–Trinajstić information content (AvgIpc) is 2.66. The third-order valence-corrected chi connectivity index (χ3v) is 7.75. The Labute approximate surface area is 146 Å². The van der Waals surface area contributed by atoms with E-state index in [2.05, 4.69) is 40.3 Å². The van der Waals surface area contributed by atoms with Crippen LogP contribution in [0.15, 0.2) is 12.1 Å². The first kappa shape index (κ1) is 16.7. The normalized spacial score (nSPS) is 42.8. The smallest absolute Gasteiger partial charge is 0.400 e. The molecule has 130 valence electrons. The van der Waals surface area contributed by atoms with Crippen molar-refractivity contribution in [3.8, 4) is 6.07 Å². The van der Waals surface area contributed by atoms with Crippen LogP contribution in [-0.4, -0.2) is 18.3 Å². The Morgan fingerprint density at radius 3 is 1.79 bits per heavy atom. The molecule has 1 aliphatic heterocycles. The SMILES string of the molecule is C=C(B1OC(C)(C)C(C)(C)O1)[C@H](C#N)C12CC3CC(CC(C3)C1)C2. The van der Waals surface area contributed by atoms with Gasteiger partial charge < -0.3 is 9.31 Å². The Hall–Kier alpha value is -0.785. The van der Waals surface area contributed by atoms with Crippen molar-refractivity contribution >= 4 is 7.12 Å². The first-order valence-electron chi connectivity index (χ1n) is 9.60. The van der Waals surface area contributed by atoms with E-state index in [1.165, 1.54) is 38.5 Å². The van der Waals surface area contributed by atoms with Crippen LogP contribution in [-0.2, 0) is 9.31 Å². The molecule has 5 aliphatic rings. The van der Waals surface area contributed by atoms with Crippen LogP contribution in [0.25, 0.3) is 0 Å². The largest absolute Gasteiger partial charge is 0.491 e. The lowest BCUT2D eigenvalue weighted by molar-refractivity contribution is -0.0670. The molecule has 0 aromatic carbocycles. The van der Waals surface area contributed by atoms with Gasteiger partial charge in [-0.1, -0.05) is 0 Å². The maximum absolute atomic E-state index is 10.1. The van der Waals surface area contributed by atoms with Gasteiger partial charge in [-0.05, 0) is 94.9 Å². The Balaban J connectivity index is 1.59. The molecule has 4 saturated carbocycles. The predicted molar refractivity (Wildman–Crippen MR) is 94.9 cm³/mol. The lowest BCUT2D eigenvalue weighted by atomic mass is 9.44.